The molecule has 8 heteroatoms. The van der Waals surface area contributed by atoms with Crippen molar-refractivity contribution < 1.29 is 9.53 Å². The van der Waals surface area contributed by atoms with Crippen molar-refractivity contribution in [2.45, 2.75) is 25.7 Å². The van der Waals surface area contributed by atoms with Gasteiger partial charge in [0.05, 0.1) is 25.1 Å². The van der Waals surface area contributed by atoms with Gasteiger partial charge in [-0.05, 0) is 55.6 Å². The molecule has 1 saturated heterocycles. The van der Waals surface area contributed by atoms with E-state index in [1.165, 1.54) is 6.42 Å². The lowest BCUT2D eigenvalue weighted by molar-refractivity contribution is 0.0371. The van der Waals surface area contributed by atoms with Gasteiger partial charge in [0.1, 0.15) is 0 Å². The number of nitrogens with zero attached hydrogens (tertiary/aromatic N) is 4. The number of amides is 1. The number of benzene rings is 2. The number of carbonyl (C=O) groups is 1. The van der Waals surface area contributed by atoms with Crippen LogP contribution in [-0.2, 0) is 11.2 Å². The van der Waals surface area contributed by atoms with Gasteiger partial charge in [-0.1, -0.05) is 36.8 Å². The zero-order valence-corrected chi connectivity index (χ0v) is 20.4. The molecular weight excluding hydrogens is 452 g/mol. The largest absolute Gasteiger partial charge is 0.379 e. The van der Waals surface area contributed by atoms with E-state index in [0.29, 0.717) is 11.5 Å². The number of para-hydroxylation sites is 1. The first-order chi connectivity index (χ1) is 17.8. The summed E-state index contributed by atoms with van der Waals surface area (Å²) in [5.74, 6) is 0.336. The average Bonchev–Trinajstić information content (AvgIpc) is 3.60. The maximum Gasteiger partial charge on any atom is 0.258 e. The van der Waals surface area contributed by atoms with Gasteiger partial charge in [-0.3, -0.25) is 24.7 Å². The molecule has 2 aromatic heterocycles. The van der Waals surface area contributed by atoms with Gasteiger partial charge in [-0.2, -0.15) is 5.10 Å². The second-order valence-corrected chi connectivity index (χ2v) is 9.05. The summed E-state index contributed by atoms with van der Waals surface area (Å²) in [7, 11) is 0. The molecule has 8 nitrogen and oxygen atoms in total. The molecule has 5 rings (SSSR count). The number of nitrogens with one attached hydrogen (secondary N) is 2. The standard InChI is InChI=1S/C28H32N6O2/c35-27(23-9-7-8-22(18-23)24-19-29-30-20-24)32-28-31-25(21-34(28)26-11-4-1-5-12-26)10-3-2-6-13-33-14-16-36-17-15-33/h1,4-5,7-9,11-12,18-21H,2-3,6,10,13-17H2,(H,29,30)(H,31,32,35). The van der Waals surface area contributed by atoms with E-state index in [1.807, 2.05) is 71.6 Å². The van der Waals surface area contributed by atoms with E-state index in [2.05, 4.69) is 20.4 Å². The van der Waals surface area contributed by atoms with E-state index >= 15 is 0 Å². The number of rotatable bonds is 10. The molecule has 0 bridgehead atoms. The summed E-state index contributed by atoms with van der Waals surface area (Å²) < 4.78 is 7.39. The Morgan fingerprint density at radius 1 is 1.00 bits per heavy atom. The lowest BCUT2D eigenvalue weighted by atomic mass is 10.1. The fourth-order valence-corrected chi connectivity index (χ4v) is 4.49. The van der Waals surface area contributed by atoms with E-state index in [9.17, 15) is 4.79 Å². The van der Waals surface area contributed by atoms with E-state index < -0.39 is 0 Å². The third-order valence-electron chi connectivity index (χ3n) is 6.48. The summed E-state index contributed by atoms with van der Waals surface area (Å²) in [5, 5.41) is 9.85. The van der Waals surface area contributed by atoms with E-state index in [1.54, 1.807) is 6.20 Å². The molecule has 36 heavy (non-hydrogen) atoms. The van der Waals surface area contributed by atoms with Gasteiger partial charge in [-0.25, -0.2) is 4.98 Å². The quantitative estimate of drug-likeness (QED) is 0.322. The maximum absolute atomic E-state index is 13.2. The van der Waals surface area contributed by atoms with Crippen LogP contribution in [0, 0.1) is 0 Å². The van der Waals surface area contributed by atoms with Gasteiger partial charge in [0, 0.05) is 42.3 Å². The minimum absolute atomic E-state index is 0.194. The Kier molecular flexibility index (Phi) is 7.85. The van der Waals surface area contributed by atoms with E-state index in [0.717, 1.165) is 74.6 Å². The van der Waals surface area contributed by atoms with Crippen molar-refractivity contribution in [3.05, 3.63) is 84.4 Å². The first kappa shape index (κ1) is 24.0. The predicted molar refractivity (Wildman–Crippen MR) is 140 cm³/mol. The minimum atomic E-state index is -0.194. The normalized spacial score (nSPS) is 14.1. The number of aromatic amines is 1. The lowest BCUT2D eigenvalue weighted by Gasteiger charge is -2.26. The van der Waals surface area contributed by atoms with Gasteiger partial charge in [0.2, 0.25) is 5.95 Å². The number of hydrogen-bond donors (Lipinski definition) is 2. The molecule has 0 aliphatic carbocycles. The molecule has 0 spiro atoms. The number of imidazole rings is 1. The molecule has 1 aliphatic heterocycles. The second kappa shape index (κ2) is 11.8. The summed E-state index contributed by atoms with van der Waals surface area (Å²) >= 11 is 0. The number of morpholine rings is 1. The van der Waals surface area contributed by atoms with Gasteiger partial charge in [0.15, 0.2) is 0 Å². The molecule has 1 amide bonds. The average molecular weight is 485 g/mol. The van der Waals surface area contributed by atoms with Crippen LogP contribution in [0.5, 0.6) is 0 Å². The van der Waals surface area contributed by atoms with Crippen LogP contribution in [0.3, 0.4) is 0 Å². The smallest absolute Gasteiger partial charge is 0.258 e. The topological polar surface area (TPSA) is 88.1 Å². The fourth-order valence-electron chi connectivity index (χ4n) is 4.49. The molecule has 1 fully saturated rings. The number of aromatic nitrogens is 4. The monoisotopic (exact) mass is 484 g/mol. The van der Waals surface area contributed by atoms with Crippen molar-refractivity contribution in [1.29, 1.82) is 0 Å². The summed E-state index contributed by atoms with van der Waals surface area (Å²) in [6, 6.07) is 17.5. The highest BCUT2D eigenvalue weighted by atomic mass is 16.5. The van der Waals surface area contributed by atoms with Crippen LogP contribution in [0.25, 0.3) is 16.8 Å². The summed E-state index contributed by atoms with van der Waals surface area (Å²) in [4.78, 5) is 20.5. The highest BCUT2D eigenvalue weighted by Crippen LogP contribution is 2.22. The third kappa shape index (κ3) is 6.08. The summed E-state index contributed by atoms with van der Waals surface area (Å²) in [5.41, 5.74) is 4.38. The van der Waals surface area contributed by atoms with Crippen LogP contribution in [-0.4, -0.2) is 63.4 Å². The fraction of sp³-hybridized carbons (Fsp3) is 0.321. The number of anilines is 1. The number of unbranched alkanes of at least 4 members (excludes halogenated alkanes) is 2. The molecular formula is C28H32N6O2. The molecule has 4 aromatic rings. The molecule has 0 unspecified atom stereocenters. The minimum Gasteiger partial charge on any atom is -0.379 e. The first-order valence-electron chi connectivity index (χ1n) is 12.6. The van der Waals surface area contributed by atoms with Crippen molar-refractivity contribution in [3.63, 3.8) is 0 Å². The number of ether oxygens (including phenoxy) is 1. The van der Waals surface area contributed by atoms with Gasteiger partial charge in [-0.15, -0.1) is 0 Å². The molecule has 2 aromatic carbocycles. The Balaban J connectivity index is 1.25. The molecule has 0 saturated carbocycles. The van der Waals surface area contributed by atoms with Gasteiger partial charge < -0.3 is 4.74 Å². The van der Waals surface area contributed by atoms with Crippen molar-refractivity contribution in [2.24, 2.45) is 0 Å². The Hall–Kier alpha value is -3.75. The maximum atomic E-state index is 13.2. The summed E-state index contributed by atoms with van der Waals surface area (Å²) in [6.45, 7) is 4.89. The number of aryl methyl sites for hydroxylation is 1. The molecule has 0 radical (unpaired) electrons. The summed E-state index contributed by atoms with van der Waals surface area (Å²) in [6.07, 6.45) is 9.86. The Bertz CT molecular complexity index is 1250. The van der Waals surface area contributed by atoms with Crippen molar-refractivity contribution in [2.75, 3.05) is 38.2 Å². The zero-order chi connectivity index (χ0) is 24.6. The van der Waals surface area contributed by atoms with Crippen LogP contribution < -0.4 is 5.32 Å². The molecule has 1 aliphatic rings. The van der Waals surface area contributed by atoms with Crippen LogP contribution >= 0.6 is 0 Å². The SMILES string of the molecule is O=C(Nc1nc(CCCCCN2CCOCC2)cn1-c1ccccc1)c1cccc(-c2cn[nH]c2)c1. The third-order valence-corrected chi connectivity index (χ3v) is 6.48. The molecule has 3 heterocycles. The molecule has 2 N–H and O–H groups in total. The second-order valence-electron chi connectivity index (χ2n) is 9.05. The highest BCUT2D eigenvalue weighted by molar-refractivity contribution is 6.04. The van der Waals surface area contributed by atoms with Crippen molar-refractivity contribution >= 4 is 11.9 Å². The van der Waals surface area contributed by atoms with Crippen molar-refractivity contribution in [3.8, 4) is 16.8 Å². The molecule has 0 atom stereocenters. The highest BCUT2D eigenvalue weighted by Gasteiger charge is 2.15. The predicted octanol–water partition coefficient (Wildman–Crippen LogP) is 4.56. The Labute approximate surface area is 211 Å². The van der Waals surface area contributed by atoms with Crippen LogP contribution in [0.15, 0.2) is 73.2 Å². The molecule has 186 valence electrons. The van der Waals surface area contributed by atoms with Gasteiger partial charge >= 0.3 is 0 Å². The number of H-pyrrole nitrogens is 1. The number of hydrogen-bond acceptors (Lipinski definition) is 5. The Morgan fingerprint density at radius 2 is 1.86 bits per heavy atom. The van der Waals surface area contributed by atoms with Gasteiger partial charge in [0.25, 0.3) is 5.91 Å². The van der Waals surface area contributed by atoms with Crippen LogP contribution in [0.4, 0.5) is 5.95 Å². The van der Waals surface area contributed by atoms with E-state index in [-0.39, 0.29) is 5.91 Å². The van der Waals surface area contributed by atoms with Crippen molar-refractivity contribution in [1.82, 2.24) is 24.6 Å². The number of carbonyl (C=O) groups excluding carboxylic acids is 1. The lowest BCUT2D eigenvalue weighted by Crippen LogP contribution is -2.36. The van der Waals surface area contributed by atoms with Crippen LogP contribution in [0.2, 0.25) is 0 Å². The van der Waals surface area contributed by atoms with Crippen LogP contribution in [0.1, 0.15) is 35.3 Å². The zero-order valence-electron chi connectivity index (χ0n) is 20.4. The Morgan fingerprint density at radius 3 is 2.67 bits per heavy atom. The first-order valence-corrected chi connectivity index (χ1v) is 12.6. The van der Waals surface area contributed by atoms with E-state index in [4.69, 9.17) is 9.72 Å².